The van der Waals surface area contributed by atoms with E-state index in [4.69, 9.17) is 9.47 Å². The molecule has 0 spiro atoms. The topological polar surface area (TPSA) is 76.7 Å². The Balaban J connectivity index is 1.49. The lowest BCUT2D eigenvalue weighted by molar-refractivity contribution is 0.406. The Hall–Kier alpha value is -3.45. The van der Waals surface area contributed by atoms with Crippen LogP contribution < -0.4 is 19.5 Å². The van der Waals surface area contributed by atoms with Crippen molar-refractivity contribution in [3.05, 3.63) is 89.5 Å². The number of rotatable bonds is 6. The van der Waals surface area contributed by atoms with Crippen molar-refractivity contribution < 1.29 is 17.9 Å². The molecule has 3 aromatic rings. The van der Waals surface area contributed by atoms with Gasteiger partial charge in [-0.25, -0.2) is 8.42 Å². The smallest absolute Gasteiger partial charge is 0.262 e. The maximum absolute atomic E-state index is 13.3. The molecule has 1 heterocycles. The molecule has 0 saturated carbocycles. The van der Waals surface area contributed by atoms with Crippen molar-refractivity contribution in [1.29, 1.82) is 0 Å². The van der Waals surface area contributed by atoms with Gasteiger partial charge in [0.25, 0.3) is 10.0 Å². The van der Waals surface area contributed by atoms with Gasteiger partial charge >= 0.3 is 0 Å². The van der Waals surface area contributed by atoms with Crippen LogP contribution in [0.4, 0.5) is 11.4 Å². The highest BCUT2D eigenvalue weighted by Gasteiger charge is 2.38. The summed E-state index contributed by atoms with van der Waals surface area (Å²) < 4.78 is 40.1. The van der Waals surface area contributed by atoms with E-state index in [0.29, 0.717) is 17.4 Å². The van der Waals surface area contributed by atoms with Gasteiger partial charge in [0, 0.05) is 11.6 Å². The van der Waals surface area contributed by atoms with E-state index in [2.05, 4.69) is 34.3 Å². The van der Waals surface area contributed by atoms with Gasteiger partial charge < -0.3 is 14.8 Å². The van der Waals surface area contributed by atoms with Crippen LogP contribution in [-0.4, -0.2) is 22.6 Å². The van der Waals surface area contributed by atoms with Crippen LogP contribution in [0.15, 0.2) is 77.7 Å². The van der Waals surface area contributed by atoms with Crippen LogP contribution in [0.3, 0.4) is 0 Å². The van der Waals surface area contributed by atoms with Gasteiger partial charge in [0.15, 0.2) is 0 Å². The van der Waals surface area contributed by atoms with Gasteiger partial charge in [-0.1, -0.05) is 30.4 Å². The van der Waals surface area contributed by atoms with Crippen LogP contribution in [-0.2, 0) is 10.0 Å². The summed E-state index contributed by atoms with van der Waals surface area (Å²) in [5, 5.41) is 3.66. The Morgan fingerprint density at radius 2 is 1.85 bits per heavy atom. The largest absolute Gasteiger partial charge is 0.497 e. The summed E-state index contributed by atoms with van der Waals surface area (Å²) in [6.45, 7) is 1.91. The number of ether oxygens (including phenoxy) is 2. The number of benzene rings is 3. The maximum atomic E-state index is 13.3. The minimum Gasteiger partial charge on any atom is -0.497 e. The summed E-state index contributed by atoms with van der Waals surface area (Å²) in [7, 11) is -0.600. The normalized spacial score (nSPS) is 20.7. The number of nitrogens with one attached hydrogen (secondary N) is 2. The highest BCUT2D eigenvalue weighted by atomic mass is 32.2. The lowest BCUT2D eigenvalue weighted by Crippen LogP contribution is -2.29. The van der Waals surface area contributed by atoms with E-state index in [1.54, 1.807) is 31.4 Å². The van der Waals surface area contributed by atoms with Crippen molar-refractivity contribution in [3.63, 3.8) is 0 Å². The van der Waals surface area contributed by atoms with Gasteiger partial charge in [0.1, 0.15) is 11.5 Å². The van der Waals surface area contributed by atoms with E-state index in [1.807, 2.05) is 31.2 Å². The van der Waals surface area contributed by atoms with Crippen LogP contribution in [0.5, 0.6) is 11.5 Å². The first-order valence-corrected chi connectivity index (χ1v) is 12.8. The minimum absolute atomic E-state index is 0.111. The van der Waals surface area contributed by atoms with Gasteiger partial charge in [-0.15, -0.1) is 0 Å². The van der Waals surface area contributed by atoms with Crippen LogP contribution in [0.25, 0.3) is 0 Å². The van der Waals surface area contributed by atoms with Crippen molar-refractivity contribution in [3.8, 4) is 11.5 Å². The lowest BCUT2D eigenvalue weighted by Gasteiger charge is -2.37. The first-order chi connectivity index (χ1) is 16.4. The molecule has 0 fully saturated rings. The van der Waals surface area contributed by atoms with Crippen molar-refractivity contribution in [2.75, 3.05) is 24.3 Å². The molecule has 5 rings (SSSR count). The predicted octanol–water partition coefficient (Wildman–Crippen LogP) is 5.64. The molecule has 0 unspecified atom stereocenters. The molecule has 176 valence electrons. The fourth-order valence-electron chi connectivity index (χ4n) is 5.01. The van der Waals surface area contributed by atoms with E-state index >= 15 is 0 Å². The number of anilines is 2. The van der Waals surface area contributed by atoms with Crippen molar-refractivity contribution in [1.82, 2.24) is 0 Å². The number of fused-ring (bicyclic) bond motifs is 3. The summed E-state index contributed by atoms with van der Waals surface area (Å²) in [6.07, 6.45) is 5.32. The maximum Gasteiger partial charge on any atom is 0.262 e. The van der Waals surface area contributed by atoms with Crippen molar-refractivity contribution >= 4 is 21.4 Å². The summed E-state index contributed by atoms with van der Waals surface area (Å²) in [4.78, 5) is 0.232. The molecule has 7 heteroatoms. The highest BCUT2D eigenvalue weighted by Crippen LogP contribution is 2.50. The van der Waals surface area contributed by atoms with E-state index in [1.165, 1.54) is 7.11 Å². The molecular formula is C27H28N2O4S. The molecular weight excluding hydrogens is 448 g/mol. The number of allylic oxidation sites excluding steroid dienone is 2. The zero-order valence-corrected chi connectivity index (χ0v) is 20.2. The van der Waals surface area contributed by atoms with Crippen LogP contribution in [0.2, 0.25) is 0 Å². The Labute approximate surface area is 200 Å². The van der Waals surface area contributed by atoms with Gasteiger partial charge in [0.2, 0.25) is 0 Å². The number of methoxy groups -OCH3 is 2. The first kappa shape index (κ1) is 22.3. The second-order valence-corrected chi connectivity index (χ2v) is 10.5. The highest BCUT2D eigenvalue weighted by molar-refractivity contribution is 7.92. The number of hydrogen-bond acceptors (Lipinski definition) is 5. The molecule has 0 saturated heterocycles. The molecule has 2 N–H and O–H groups in total. The molecule has 3 aromatic carbocycles. The molecule has 0 amide bonds. The number of sulfonamides is 1. The summed E-state index contributed by atoms with van der Waals surface area (Å²) >= 11 is 0. The zero-order valence-electron chi connectivity index (χ0n) is 19.4. The first-order valence-electron chi connectivity index (χ1n) is 11.3. The van der Waals surface area contributed by atoms with E-state index < -0.39 is 10.0 Å². The fraction of sp³-hybridized carbons (Fsp3) is 0.259. The zero-order chi connectivity index (χ0) is 23.9. The van der Waals surface area contributed by atoms with E-state index in [0.717, 1.165) is 34.5 Å². The van der Waals surface area contributed by atoms with Gasteiger partial charge in [-0.2, -0.15) is 0 Å². The van der Waals surface area contributed by atoms with E-state index in [9.17, 15) is 8.42 Å². The summed E-state index contributed by atoms with van der Waals surface area (Å²) in [5.41, 5.74) is 4.48. The summed E-state index contributed by atoms with van der Waals surface area (Å²) in [5.74, 6) is 1.74. The second-order valence-electron chi connectivity index (χ2n) is 8.81. The third-order valence-electron chi connectivity index (χ3n) is 6.70. The molecule has 3 atom stereocenters. The lowest BCUT2D eigenvalue weighted by atomic mass is 9.77. The van der Waals surface area contributed by atoms with E-state index in [-0.39, 0.29) is 16.9 Å². The Bertz CT molecular complexity index is 1370. The SMILES string of the molecule is COc1cccc([C@H]2Nc3ccc(S(=O)(=O)Nc4cc(C)ccc4OC)cc3[C@H]3C=CC[C@H]32)c1. The third-order valence-corrected chi connectivity index (χ3v) is 8.06. The second kappa shape index (κ2) is 8.72. The molecule has 1 aliphatic heterocycles. The quantitative estimate of drug-likeness (QED) is 0.450. The molecule has 34 heavy (non-hydrogen) atoms. The minimum atomic E-state index is -3.80. The monoisotopic (exact) mass is 476 g/mol. The van der Waals surface area contributed by atoms with Crippen LogP contribution in [0.1, 0.15) is 35.1 Å². The van der Waals surface area contributed by atoms with Crippen LogP contribution in [0, 0.1) is 12.8 Å². The standard InChI is InChI=1S/C27H28N2O4S/c1-17-10-13-26(33-3)25(14-17)29-34(30,31)20-11-12-24-23(16-20)21-8-5-9-22(21)27(28-24)18-6-4-7-19(15-18)32-2/h4-8,10-16,21-22,27-29H,9H2,1-3H3/t21-,22+,27+/m0/s1. The number of aryl methyl sites for hydroxylation is 1. The molecule has 2 aliphatic rings. The summed E-state index contributed by atoms with van der Waals surface area (Å²) in [6, 6.07) is 19.0. The molecule has 0 aromatic heterocycles. The van der Waals surface area contributed by atoms with Crippen molar-refractivity contribution in [2.24, 2.45) is 5.92 Å². The molecule has 0 bridgehead atoms. The van der Waals surface area contributed by atoms with Gasteiger partial charge in [-0.05, 0) is 78.4 Å². The van der Waals surface area contributed by atoms with Crippen molar-refractivity contribution in [2.45, 2.75) is 30.2 Å². The Morgan fingerprint density at radius 1 is 1.00 bits per heavy atom. The number of hydrogen-bond donors (Lipinski definition) is 2. The van der Waals surface area contributed by atoms with Gasteiger partial charge in [0.05, 0.1) is 30.8 Å². The fourth-order valence-corrected chi connectivity index (χ4v) is 6.11. The Morgan fingerprint density at radius 3 is 2.65 bits per heavy atom. The third kappa shape index (κ3) is 4.01. The molecule has 6 nitrogen and oxygen atoms in total. The van der Waals surface area contributed by atoms with Gasteiger partial charge in [-0.3, -0.25) is 4.72 Å². The average molecular weight is 477 g/mol. The predicted molar refractivity (Wildman–Crippen MR) is 134 cm³/mol. The molecule has 1 aliphatic carbocycles. The Kier molecular flexibility index (Phi) is 5.73. The average Bonchev–Trinajstić information content (AvgIpc) is 3.33. The molecule has 0 radical (unpaired) electrons. The van der Waals surface area contributed by atoms with Crippen LogP contribution >= 0.6 is 0 Å².